The van der Waals surface area contributed by atoms with E-state index in [-0.39, 0.29) is 18.2 Å². The van der Waals surface area contributed by atoms with Crippen molar-refractivity contribution in [3.8, 4) is 16.2 Å². The number of thiophene rings is 2. The second kappa shape index (κ2) is 11.5. The van der Waals surface area contributed by atoms with Gasteiger partial charge in [0.15, 0.2) is 0 Å². The number of amides is 3. The molecular formula is C26H21BrN4O4S2. The van der Waals surface area contributed by atoms with Crippen molar-refractivity contribution in [1.29, 1.82) is 0 Å². The Balaban J connectivity index is 1.37. The minimum atomic E-state index is -0.542. The summed E-state index contributed by atoms with van der Waals surface area (Å²) in [5.41, 5.74) is 10.7. The number of nitrogens with one attached hydrogen (secondary N) is 2. The Hall–Kier alpha value is -3.80. The van der Waals surface area contributed by atoms with Gasteiger partial charge in [0.2, 0.25) is 5.91 Å². The zero-order valence-electron chi connectivity index (χ0n) is 19.4. The van der Waals surface area contributed by atoms with Gasteiger partial charge in [-0.1, -0.05) is 40.2 Å². The number of halogens is 1. The number of primary amides is 1. The van der Waals surface area contributed by atoms with Crippen LogP contribution in [0.25, 0.3) is 10.4 Å². The number of benzene rings is 2. The average molecular weight is 598 g/mol. The standard InChI is InChI=1S/C26H21BrN4O4S2/c1-14(19-13-36-23(22(19)32)16-5-7-18(27)8-6-16)30-31-26(35)21-10-9-20(37-21)25(34)29-12-15-3-2-4-17(11-15)24(28)33/h2-11,13,32H,12H2,1H3,(H2,28,33)(H,29,34)(H,31,35). The van der Waals surface area contributed by atoms with Crippen molar-refractivity contribution < 1.29 is 19.5 Å². The highest BCUT2D eigenvalue weighted by Crippen LogP contribution is 2.39. The van der Waals surface area contributed by atoms with E-state index in [9.17, 15) is 19.5 Å². The Morgan fingerprint density at radius 1 is 1.03 bits per heavy atom. The quantitative estimate of drug-likeness (QED) is 0.166. The van der Waals surface area contributed by atoms with E-state index in [1.54, 1.807) is 48.7 Å². The fourth-order valence-electron chi connectivity index (χ4n) is 3.35. The topological polar surface area (TPSA) is 134 Å². The summed E-state index contributed by atoms with van der Waals surface area (Å²) in [5.74, 6) is -1.27. The molecule has 0 saturated carbocycles. The number of aromatic hydroxyl groups is 1. The molecule has 2 heterocycles. The van der Waals surface area contributed by atoms with Gasteiger partial charge in [-0.25, -0.2) is 5.43 Å². The van der Waals surface area contributed by atoms with Gasteiger partial charge in [0.1, 0.15) is 5.75 Å². The number of hydrogen-bond acceptors (Lipinski definition) is 7. The maximum atomic E-state index is 12.6. The first kappa shape index (κ1) is 26.3. The van der Waals surface area contributed by atoms with Crippen LogP contribution in [0.1, 0.15) is 47.8 Å². The van der Waals surface area contributed by atoms with Crippen molar-refractivity contribution in [2.45, 2.75) is 13.5 Å². The van der Waals surface area contributed by atoms with Gasteiger partial charge in [0.05, 0.1) is 25.9 Å². The molecule has 0 saturated heterocycles. The van der Waals surface area contributed by atoms with Crippen molar-refractivity contribution in [2.24, 2.45) is 10.8 Å². The third-order valence-corrected chi connectivity index (χ3v) is 7.93. The van der Waals surface area contributed by atoms with Crippen molar-refractivity contribution in [2.75, 3.05) is 0 Å². The summed E-state index contributed by atoms with van der Waals surface area (Å²) in [6, 6.07) is 17.4. The number of carbonyl (C=O) groups is 3. The van der Waals surface area contributed by atoms with Crippen LogP contribution in [0.5, 0.6) is 5.75 Å². The molecule has 0 fully saturated rings. The zero-order chi connectivity index (χ0) is 26.5. The van der Waals surface area contributed by atoms with E-state index in [0.717, 1.165) is 26.9 Å². The summed E-state index contributed by atoms with van der Waals surface area (Å²) in [5, 5.41) is 19.4. The lowest BCUT2D eigenvalue weighted by molar-refractivity contribution is 0.0950. The molecule has 0 bridgehead atoms. The van der Waals surface area contributed by atoms with E-state index >= 15 is 0 Å². The third kappa shape index (κ3) is 6.31. The first-order valence-corrected chi connectivity index (χ1v) is 13.4. The molecule has 0 spiro atoms. The van der Waals surface area contributed by atoms with Gasteiger partial charge in [0.25, 0.3) is 11.8 Å². The fourth-order valence-corrected chi connectivity index (χ4v) is 5.44. The van der Waals surface area contributed by atoms with Gasteiger partial charge >= 0.3 is 0 Å². The summed E-state index contributed by atoms with van der Waals surface area (Å²) in [6.07, 6.45) is 0. The van der Waals surface area contributed by atoms with Crippen LogP contribution >= 0.6 is 38.6 Å². The summed E-state index contributed by atoms with van der Waals surface area (Å²) in [4.78, 5) is 37.8. The molecule has 4 rings (SSSR count). The van der Waals surface area contributed by atoms with Crippen molar-refractivity contribution in [1.82, 2.24) is 10.7 Å². The van der Waals surface area contributed by atoms with Gasteiger partial charge in [-0.3, -0.25) is 14.4 Å². The van der Waals surface area contributed by atoms with E-state index in [1.165, 1.54) is 11.3 Å². The Morgan fingerprint density at radius 3 is 2.43 bits per heavy atom. The molecule has 0 aliphatic rings. The molecule has 4 aromatic rings. The smallest absolute Gasteiger partial charge is 0.281 e. The van der Waals surface area contributed by atoms with Gasteiger partial charge in [-0.2, -0.15) is 5.10 Å². The molecule has 2 aromatic heterocycles. The van der Waals surface area contributed by atoms with E-state index in [1.807, 2.05) is 24.3 Å². The van der Waals surface area contributed by atoms with Crippen molar-refractivity contribution >= 4 is 62.0 Å². The molecule has 0 aliphatic carbocycles. The van der Waals surface area contributed by atoms with Crippen LogP contribution in [0.3, 0.4) is 0 Å². The molecule has 5 N–H and O–H groups in total. The van der Waals surface area contributed by atoms with Crippen LogP contribution in [0.2, 0.25) is 0 Å². The molecule has 0 unspecified atom stereocenters. The number of hydrazone groups is 1. The number of nitrogens with zero attached hydrogens (tertiary/aromatic N) is 1. The van der Waals surface area contributed by atoms with Gasteiger partial charge < -0.3 is 16.2 Å². The maximum Gasteiger partial charge on any atom is 0.281 e. The number of nitrogens with two attached hydrogens (primary N) is 1. The zero-order valence-corrected chi connectivity index (χ0v) is 22.7. The van der Waals surface area contributed by atoms with Gasteiger partial charge in [-0.05, 0) is 54.4 Å². The van der Waals surface area contributed by atoms with E-state index in [0.29, 0.717) is 31.5 Å². The third-order valence-electron chi connectivity index (χ3n) is 5.30. The highest BCUT2D eigenvalue weighted by molar-refractivity contribution is 9.10. The van der Waals surface area contributed by atoms with Crippen LogP contribution in [0, 0.1) is 0 Å². The van der Waals surface area contributed by atoms with Crippen LogP contribution in [-0.4, -0.2) is 28.5 Å². The minimum Gasteiger partial charge on any atom is -0.506 e. The SMILES string of the molecule is CC(=NNC(=O)c1ccc(C(=O)NCc2cccc(C(N)=O)c2)s1)c1csc(-c2ccc(Br)cc2)c1O. The summed E-state index contributed by atoms with van der Waals surface area (Å²) in [6.45, 7) is 1.89. The number of rotatable bonds is 8. The lowest BCUT2D eigenvalue weighted by Gasteiger charge is -2.05. The Bertz CT molecular complexity index is 1510. The van der Waals surface area contributed by atoms with Gasteiger partial charge in [0, 0.05) is 22.0 Å². The summed E-state index contributed by atoms with van der Waals surface area (Å²) in [7, 11) is 0. The van der Waals surface area contributed by atoms with Crippen LogP contribution in [0.4, 0.5) is 0 Å². The van der Waals surface area contributed by atoms with Crippen molar-refractivity contribution in [3.63, 3.8) is 0 Å². The highest BCUT2D eigenvalue weighted by atomic mass is 79.9. The maximum absolute atomic E-state index is 12.6. The predicted molar refractivity (Wildman–Crippen MR) is 149 cm³/mol. The number of hydrogen-bond donors (Lipinski definition) is 4. The lowest BCUT2D eigenvalue weighted by atomic mass is 10.1. The molecule has 8 nitrogen and oxygen atoms in total. The van der Waals surface area contributed by atoms with Crippen molar-refractivity contribution in [3.05, 3.63) is 97.0 Å². The molecule has 11 heteroatoms. The van der Waals surface area contributed by atoms with E-state index in [4.69, 9.17) is 5.73 Å². The molecule has 3 amide bonds. The van der Waals surface area contributed by atoms with E-state index < -0.39 is 11.8 Å². The first-order valence-electron chi connectivity index (χ1n) is 10.9. The Labute approximate surface area is 229 Å². The summed E-state index contributed by atoms with van der Waals surface area (Å²) < 4.78 is 0.942. The number of carbonyl (C=O) groups excluding carboxylic acids is 3. The Kier molecular flexibility index (Phi) is 8.17. The van der Waals surface area contributed by atoms with Crippen LogP contribution in [0.15, 0.2) is 75.6 Å². The first-order chi connectivity index (χ1) is 17.7. The molecule has 37 heavy (non-hydrogen) atoms. The molecule has 0 radical (unpaired) electrons. The lowest BCUT2D eigenvalue weighted by Crippen LogP contribution is -2.22. The average Bonchev–Trinajstić information content (AvgIpc) is 3.54. The second-order valence-corrected chi connectivity index (χ2v) is 10.8. The second-order valence-electron chi connectivity index (χ2n) is 7.88. The largest absolute Gasteiger partial charge is 0.506 e. The molecule has 0 atom stereocenters. The predicted octanol–water partition coefficient (Wildman–Crippen LogP) is 5.13. The fraction of sp³-hybridized carbons (Fsp3) is 0.0769. The highest BCUT2D eigenvalue weighted by Gasteiger charge is 2.17. The minimum absolute atomic E-state index is 0.0965. The molecule has 188 valence electrons. The Morgan fingerprint density at radius 2 is 1.73 bits per heavy atom. The summed E-state index contributed by atoms with van der Waals surface area (Å²) >= 11 is 5.81. The van der Waals surface area contributed by atoms with Gasteiger partial charge in [-0.15, -0.1) is 22.7 Å². The van der Waals surface area contributed by atoms with Crippen LogP contribution in [-0.2, 0) is 6.54 Å². The molecule has 0 aliphatic heterocycles. The normalized spacial score (nSPS) is 11.2. The monoisotopic (exact) mass is 596 g/mol. The molecule has 2 aromatic carbocycles. The van der Waals surface area contributed by atoms with E-state index in [2.05, 4.69) is 31.8 Å². The van der Waals surface area contributed by atoms with Crippen LogP contribution < -0.4 is 16.5 Å². The molecular weight excluding hydrogens is 576 g/mol.